The molecule has 1 aromatic heterocycles. The van der Waals surface area contributed by atoms with Crippen molar-refractivity contribution in [3.63, 3.8) is 0 Å². The molecule has 0 aliphatic heterocycles. The summed E-state index contributed by atoms with van der Waals surface area (Å²) in [5, 5.41) is 0. The minimum absolute atomic E-state index is 0.170. The van der Waals surface area contributed by atoms with Crippen LogP contribution in [0.5, 0.6) is 0 Å². The molecule has 3 heteroatoms. The summed E-state index contributed by atoms with van der Waals surface area (Å²) < 4.78 is 2.08. The largest absolute Gasteiger partial charge is 0.324 e. The van der Waals surface area contributed by atoms with Crippen LogP contribution >= 0.6 is 0 Å². The van der Waals surface area contributed by atoms with Gasteiger partial charge in [-0.05, 0) is 63.6 Å². The minimum atomic E-state index is -0.179. The highest BCUT2D eigenvalue weighted by molar-refractivity contribution is 5.99. The van der Waals surface area contributed by atoms with Crippen molar-refractivity contribution < 1.29 is 4.79 Å². The first kappa shape index (κ1) is 14.1. The number of hydrogen-bond acceptors (Lipinski definition) is 2. The van der Waals surface area contributed by atoms with Gasteiger partial charge in [0.15, 0.2) is 5.78 Å². The lowest BCUT2D eigenvalue weighted by Gasteiger charge is -2.19. The summed E-state index contributed by atoms with van der Waals surface area (Å²) in [4.78, 5) is 17.2. The third kappa shape index (κ3) is 2.53. The minimum Gasteiger partial charge on any atom is -0.324 e. The summed E-state index contributed by atoms with van der Waals surface area (Å²) in [6.07, 6.45) is 6.35. The maximum atomic E-state index is 12.7. The highest BCUT2D eigenvalue weighted by Gasteiger charge is 2.23. The van der Waals surface area contributed by atoms with Crippen LogP contribution < -0.4 is 0 Å². The third-order valence-corrected chi connectivity index (χ3v) is 4.65. The van der Waals surface area contributed by atoms with Crippen LogP contribution in [-0.2, 0) is 12.8 Å². The molecule has 1 unspecified atom stereocenters. The number of nitrogens with zero attached hydrogens (tertiary/aromatic N) is 2. The van der Waals surface area contributed by atoms with E-state index in [2.05, 4.69) is 23.4 Å². The highest BCUT2D eigenvalue weighted by Crippen LogP contribution is 2.25. The number of fused-ring (bicyclic) bond motifs is 1. The number of carbonyl (C=O) groups excluding carboxylic acids is 1. The predicted octanol–water partition coefficient (Wildman–Crippen LogP) is 3.82. The van der Waals surface area contributed by atoms with Crippen molar-refractivity contribution in [2.75, 3.05) is 0 Å². The van der Waals surface area contributed by atoms with E-state index in [0.29, 0.717) is 0 Å². The van der Waals surface area contributed by atoms with Crippen LogP contribution in [0.25, 0.3) is 0 Å². The second kappa shape index (κ2) is 5.47. The molecule has 110 valence electrons. The van der Waals surface area contributed by atoms with Gasteiger partial charge < -0.3 is 4.57 Å². The van der Waals surface area contributed by atoms with Crippen molar-refractivity contribution in [1.29, 1.82) is 0 Å². The summed E-state index contributed by atoms with van der Waals surface area (Å²) in [7, 11) is 0. The van der Waals surface area contributed by atoms with Gasteiger partial charge >= 0.3 is 0 Å². The number of benzene rings is 1. The predicted molar refractivity (Wildman–Crippen MR) is 83.8 cm³/mol. The Morgan fingerprint density at radius 3 is 2.71 bits per heavy atom. The Bertz CT molecular complexity index is 685. The van der Waals surface area contributed by atoms with Crippen molar-refractivity contribution in [3.05, 3.63) is 52.6 Å². The van der Waals surface area contributed by atoms with Crippen LogP contribution in [0, 0.1) is 13.8 Å². The van der Waals surface area contributed by atoms with E-state index in [-0.39, 0.29) is 11.8 Å². The molecule has 1 aromatic carbocycles. The first-order chi connectivity index (χ1) is 10.1. The molecule has 0 N–H and O–H groups in total. The Labute approximate surface area is 126 Å². The summed E-state index contributed by atoms with van der Waals surface area (Å²) in [5.74, 6) is 0.170. The fraction of sp³-hybridized carbons (Fsp3) is 0.444. The molecule has 21 heavy (non-hydrogen) atoms. The van der Waals surface area contributed by atoms with Gasteiger partial charge in [0.25, 0.3) is 0 Å². The topological polar surface area (TPSA) is 34.9 Å². The zero-order valence-electron chi connectivity index (χ0n) is 13.0. The van der Waals surface area contributed by atoms with E-state index in [4.69, 9.17) is 0 Å². The molecule has 3 rings (SSSR count). The molecule has 1 heterocycles. The normalized spacial score (nSPS) is 15.6. The fourth-order valence-corrected chi connectivity index (χ4v) is 3.09. The smallest absolute Gasteiger partial charge is 0.185 e. The third-order valence-electron chi connectivity index (χ3n) is 4.65. The molecular weight excluding hydrogens is 260 g/mol. The van der Waals surface area contributed by atoms with E-state index in [1.165, 1.54) is 35.4 Å². The number of aryl methyl sites for hydroxylation is 3. The summed E-state index contributed by atoms with van der Waals surface area (Å²) in [6.45, 7) is 6.10. The number of Topliss-reactive ketones (excluding diaryl/α,β-unsaturated/α-hetero) is 1. The second-order valence-corrected chi connectivity index (χ2v) is 6.09. The SMILES string of the molecule is Cc1ccc(C(=O)C(C)n2cnc3c2CCCC3)cc1C. The van der Waals surface area contributed by atoms with E-state index in [1.807, 2.05) is 31.5 Å². The average molecular weight is 282 g/mol. The van der Waals surface area contributed by atoms with Gasteiger partial charge in [-0.1, -0.05) is 12.1 Å². The molecule has 0 spiro atoms. The first-order valence-corrected chi connectivity index (χ1v) is 7.74. The molecule has 0 saturated heterocycles. The number of aromatic nitrogens is 2. The summed E-state index contributed by atoms with van der Waals surface area (Å²) >= 11 is 0. The van der Waals surface area contributed by atoms with Gasteiger partial charge in [0.2, 0.25) is 0 Å². The van der Waals surface area contributed by atoms with Gasteiger partial charge in [0, 0.05) is 11.3 Å². The Morgan fingerprint density at radius 1 is 1.19 bits per heavy atom. The van der Waals surface area contributed by atoms with Crippen LogP contribution in [-0.4, -0.2) is 15.3 Å². The quantitative estimate of drug-likeness (QED) is 0.802. The van der Waals surface area contributed by atoms with Crippen LogP contribution in [0.4, 0.5) is 0 Å². The molecule has 0 bridgehead atoms. The summed E-state index contributed by atoms with van der Waals surface area (Å²) in [6, 6.07) is 5.78. The number of ketones is 1. The lowest BCUT2D eigenvalue weighted by Crippen LogP contribution is -2.19. The van der Waals surface area contributed by atoms with Crippen molar-refractivity contribution in [2.45, 2.75) is 52.5 Å². The molecule has 3 nitrogen and oxygen atoms in total. The van der Waals surface area contributed by atoms with Gasteiger partial charge in [-0.2, -0.15) is 0 Å². The van der Waals surface area contributed by atoms with Crippen LogP contribution in [0.3, 0.4) is 0 Å². The lowest BCUT2D eigenvalue weighted by molar-refractivity contribution is 0.0933. The van der Waals surface area contributed by atoms with Crippen LogP contribution in [0.1, 0.15) is 58.7 Å². The van der Waals surface area contributed by atoms with Gasteiger partial charge in [-0.25, -0.2) is 4.98 Å². The number of imidazole rings is 1. The van der Waals surface area contributed by atoms with E-state index in [9.17, 15) is 4.79 Å². The Hall–Kier alpha value is -1.90. The fourth-order valence-electron chi connectivity index (χ4n) is 3.09. The van der Waals surface area contributed by atoms with E-state index >= 15 is 0 Å². The highest BCUT2D eigenvalue weighted by atomic mass is 16.1. The zero-order chi connectivity index (χ0) is 15.0. The molecule has 0 radical (unpaired) electrons. The average Bonchev–Trinajstić information content (AvgIpc) is 2.92. The van der Waals surface area contributed by atoms with E-state index in [0.717, 1.165) is 18.4 Å². The van der Waals surface area contributed by atoms with Crippen LogP contribution in [0.2, 0.25) is 0 Å². The lowest BCUT2D eigenvalue weighted by atomic mass is 9.98. The maximum absolute atomic E-state index is 12.7. The van der Waals surface area contributed by atoms with Crippen molar-refractivity contribution in [2.24, 2.45) is 0 Å². The Morgan fingerprint density at radius 2 is 1.95 bits per heavy atom. The van der Waals surface area contributed by atoms with Gasteiger partial charge in [-0.15, -0.1) is 0 Å². The molecule has 0 saturated carbocycles. The molecule has 0 fully saturated rings. The van der Waals surface area contributed by atoms with Gasteiger partial charge in [0.05, 0.1) is 18.1 Å². The van der Waals surface area contributed by atoms with Gasteiger partial charge in [-0.3, -0.25) is 4.79 Å². The standard InChI is InChI=1S/C18H22N2O/c1-12-8-9-15(10-13(12)2)18(21)14(3)20-11-19-16-6-4-5-7-17(16)20/h8-11,14H,4-7H2,1-3H3. The van der Waals surface area contributed by atoms with E-state index in [1.54, 1.807) is 0 Å². The maximum Gasteiger partial charge on any atom is 0.185 e. The monoisotopic (exact) mass is 282 g/mol. The molecule has 2 aromatic rings. The molecule has 1 aliphatic rings. The van der Waals surface area contributed by atoms with Crippen molar-refractivity contribution in [1.82, 2.24) is 9.55 Å². The van der Waals surface area contributed by atoms with Crippen molar-refractivity contribution >= 4 is 5.78 Å². The van der Waals surface area contributed by atoms with E-state index < -0.39 is 0 Å². The molecule has 1 aliphatic carbocycles. The number of carbonyl (C=O) groups is 1. The number of hydrogen-bond donors (Lipinski definition) is 0. The Kier molecular flexibility index (Phi) is 3.66. The molecule has 1 atom stereocenters. The van der Waals surface area contributed by atoms with Crippen molar-refractivity contribution in [3.8, 4) is 0 Å². The Balaban J connectivity index is 1.90. The zero-order valence-corrected chi connectivity index (χ0v) is 13.0. The molecular formula is C18H22N2O. The number of rotatable bonds is 3. The summed E-state index contributed by atoms with van der Waals surface area (Å²) in [5.41, 5.74) is 5.62. The van der Waals surface area contributed by atoms with Gasteiger partial charge in [0.1, 0.15) is 0 Å². The second-order valence-electron chi connectivity index (χ2n) is 6.09. The molecule has 0 amide bonds. The van der Waals surface area contributed by atoms with Crippen LogP contribution in [0.15, 0.2) is 24.5 Å². The first-order valence-electron chi connectivity index (χ1n) is 7.74.